The number of benzene rings is 2. The molecule has 2 aromatic carbocycles. The molecule has 0 heterocycles. The fraction of sp³-hybridized carbons (Fsp3) is 0.143. The molecule has 0 unspecified atom stereocenters. The van der Waals surface area contributed by atoms with Crippen LogP contribution in [0, 0.1) is 6.92 Å². The van der Waals surface area contributed by atoms with Crippen molar-refractivity contribution in [1.29, 1.82) is 0 Å². The SMILES string of the molecule is Cc1cccc(NS(=O)(=O)c2ccccc2OC(F)(F)F)c1. The summed E-state index contributed by atoms with van der Waals surface area (Å²) in [4.78, 5) is -0.589. The summed E-state index contributed by atoms with van der Waals surface area (Å²) in [5.74, 6) is -0.782. The molecule has 0 aliphatic heterocycles. The maximum absolute atomic E-state index is 12.4. The van der Waals surface area contributed by atoms with E-state index in [1.807, 2.05) is 0 Å². The first kappa shape index (κ1) is 16.2. The summed E-state index contributed by atoms with van der Waals surface area (Å²) in [5, 5.41) is 0. The van der Waals surface area contributed by atoms with Gasteiger partial charge in [-0.2, -0.15) is 0 Å². The maximum Gasteiger partial charge on any atom is 0.573 e. The molecule has 0 aromatic heterocycles. The molecule has 0 aliphatic rings. The molecule has 0 radical (unpaired) electrons. The first-order chi connectivity index (χ1) is 10.2. The van der Waals surface area contributed by atoms with Crippen LogP contribution in [0.3, 0.4) is 0 Å². The summed E-state index contributed by atoms with van der Waals surface area (Å²) in [7, 11) is -4.21. The monoisotopic (exact) mass is 331 g/mol. The third kappa shape index (κ3) is 4.14. The Morgan fingerprint density at radius 1 is 1.05 bits per heavy atom. The van der Waals surface area contributed by atoms with E-state index in [4.69, 9.17) is 0 Å². The molecule has 22 heavy (non-hydrogen) atoms. The summed E-state index contributed by atoms with van der Waals surface area (Å²) in [5.41, 5.74) is 1.06. The zero-order chi connectivity index (χ0) is 16.4. The Bertz CT molecular complexity index is 773. The number of aryl methyl sites for hydroxylation is 1. The summed E-state index contributed by atoms with van der Waals surface area (Å²) in [6.07, 6.45) is -4.98. The molecule has 0 saturated heterocycles. The fourth-order valence-corrected chi connectivity index (χ4v) is 2.98. The summed E-state index contributed by atoms with van der Waals surface area (Å²) < 4.78 is 67.6. The van der Waals surface area contributed by atoms with Gasteiger partial charge in [-0.1, -0.05) is 24.3 Å². The van der Waals surface area contributed by atoms with Gasteiger partial charge >= 0.3 is 6.36 Å². The fourth-order valence-electron chi connectivity index (χ4n) is 1.80. The lowest BCUT2D eigenvalue weighted by molar-refractivity contribution is -0.275. The Balaban J connectivity index is 2.38. The lowest BCUT2D eigenvalue weighted by Gasteiger charge is -2.14. The third-order valence-electron chi connectivity index (χ3n) is 2.63. The molecule has 4 nitrogen and oxygen atoms in total. The molecule has 8 heteroatoms. The molecular formula is C14H12F3NO3S. The standard InChI is InChI=1S/C14H12F3NO3S/c1-10-5-4-6-11(9-10)18-22(19,20)13-8-3-2-7-12(13)21-14(15,16)17/h2-9,18H,1H3. The molecule has 1 N–H and O–H groups in total. The van der Waals surface area contributed by atoms with E-state index in [0.29, 0.717) is 0 Å². The number of rotatable bonds is 4. The Labute approximate surface area is 125 Å². The highest BCUT2D eigenvalue weighted by Crippen LogP contribution is 2.30. The number of hydrogen-bond donors (Lipinski definition) is 1. The average Bonchev–Trinajstić information content (AvgIpc) is 2.36. The topological polar surface area (TPSA) is 55.4 Å². The van der Waals surface area contributed by atoms with E-state index in [1.54, 1.807) is 25.1 Å². The zero-order valence-corrected chi connectivity index (χ0v) is 12.2. The molecule has 0 amide bonds. The van der Waals surface area contributed by atoms with Crippen molar-refractivity contribution in [3.8, 4) is 5.75 Å². The number of sulfonamides is 1. The van der Waals surface area contributed by atoms with E-state index in [0.717, 1.165) is 17.7 Å². The number of nitrogens with one attached hydrogen (secondary N) is 1. The van der Waals surface area contributed by atoms with E-state index < -0.39 is 27.0 Å². The molecule has 118 valence electrons. The minimum absolute atomic E-state index is 0.252. The normalized spacial score (nSPS) is 12.0. The van der Waals surface area contributed by atoms with Crippen molar-refractivity contribution in [2.75, 3.05) is 4.72 Å². The van der Waals surface area contributed by atoms with Crippen molar-refractivity contribution < 1.29 is 26.3 Å². The van der Waals surface area contributed by atoms with Crippen LogP contribution < -0.4 is 9.46 Å². The van der Waals surface area contributed by atoms with Crippen molar-refractivity contribution in [2.45, 2.75) is 18.2 Å². The van der Waals surface area contributed by atoms with Crippen LogP contribution in [0.4, 0.5) is 18.9 Å². The van der Waals surface area contributed by atoms with Gasteiger partial charge in [-0.3, -0.25) is 4.72 Å². The van der Waals surface area contributed by atoms with Crippen LogP contribution in [0.15, 0.2) is 53.4 Å². The van der Waals surface area contributed by atoms with Gasteiger partial charge in [0.25, 0.3) is 10.0 Å². The lowest BCUT2D eigenvalue weighted by atomic mass is 10.2. The van der Waals surface area contributed by atoms with E-state index in [9.17, 15) is 21.6 Å². The van der Waals surface area contributed by atoms with Crippen LogP contribution in [-0.2, 0) is 10.0 Å². The van der Waals surface area contributed by atoms with Crippen LogP contribution in [0.25, 0.3) is 0 Å². The van der Waals surface area contributed by atoms with Crippen LogP contribution in [0.5, 0.6) is 5.75 Å². The van der Waals surface area contributed by atoms with Crippen molar-refractivity contribution >= 4 is 15.7 Å². The number of alkyl halides is 3. The molecule has 2 rings (SSSR count). The van der Waals surface area contributed by atoms with Crippen molar-refractivity contribution in [1.82, 2.24) is 0 Å². The van der Waals surface area contributed by atoms with Gasteiger partial charge in [0.05, 0.1) is 0 Å². The molecule has 2 aromatic rings. The van der Waals surface area contributed by atoms with Crippen LogP contribution in [0.1, 0.15) is 5.56 Å². The molecule has 0 atom stereocenters. The van der Waals surface area contributed by atoms with Gasteiger partial charge in [-0.15, -0.1) is 13.2 Å². The Kier molecular flexibility index (Phi) is 4.32. The lowest BCUT2D eigenvalue weighted by Crippen LogP contribution is -2.20. The van der Waals surface area contributed by atoms with Gasteiger partial charge < -0.3 is 4.74 Å². The molecule has 0 bridgehead atoms. The van der Waals surface area contributed by atoms with Gasteiger partial charge in [0.1, 0.15) is 10.6 Å². The summed E-state index contributed by atoms with van der Waals surface area (Å²) in [6.45, 7) is 1.76. The van der Waals surface area contributed by atoms with E-state index in [2.05, 4.69) is 9.46 Å². The first-order valence-electron chi connectivity index (χ1n) is 6.12. The third-order valence-corrected chi connectivity index (χ3v) is 4.06. The van der Waals surface area contributed by atoms with Gasteiger partial charge in [-0.05, 0) is 36.8 Å². The van der Waals surface area contributed by atoms with Crippen molar-refractivity contribution in [3.63, 3.8) is 0 Å². The minimum Gasteiger partial charge on any atom is -0.404 e. The highest BCUT2D eigenvalue weighted by Gasteiger charge is 2.34. The van der Waals surface area contributed by atoms with Crippen LogP contribution >= 0.6 is 0 Å². The molecule has 0 saturated carbocycles. The Morgan fingerprint density at radius 2 is 1.73 bits per heavy atom. The predicted octanol–water partition coefficient (Wildman–Crippen LogP) is 3.69. The van der Waals surface area contributed by atoms with E-state index in [-0.39, 0.29) is 5.69 Å². The summed E-state index contributed by atoms with van der Waals surface area (Å²) in [6, 6.07) is 11.0. The van der Waals surface area contributed by atoms with E-state index >= 15 is 0 Å². The number of hydrogen-bond acceptors (Lipinski definition) is 3. The minimum atomic E-state index is -4.98. The van der Waals surface area contributed by atoms with Gasteiger partial charge in [0.15, 0.2) is 0 Å². The second-order valence-corrected chi connectivity index (χ2v) is 6.12. The molecule has 0 aliphatic carbocycles. The second kappa shape index (κ2) is 5.88. The molecule has 0 fully saturated rings. The molecule has 0 spiro atoms. The first-order valence-corrected chi connectivity index (χ1v) is 7.60. The zero-order valence-electron chi connectivity index (χ0n) is 11.4. The highest BCUT2D eigenvalue weighted by atomic mass is 32.2. The number of ether oxygens (including phenoxy) is 1. The molecular weight excluding hydrogens is 319 g/mol. The van der Waals surface area contributed by atoms with Crippen LogP contribution in [-0.4, -0.2) is 14.8 Å². The predicted molar refractivity (Wildman–Crippen MR) is 75.1 cm³/mol. The second-order valence-electron chi connectivity index (χ2n) is 4.47. The van der Waals surface area contributed by atoms with Gasteiger partial charge in [0, 0.05) is 5.69 Å². The average molecular weight is 331 g/mol. The quantitative estimate of drug-likeness (QED) is 0.929. The Morgan fingerprint density at radius 3 is 2.36 bits per heavy atom. The number of para-hydroxylation sites is 1. The number of anilines is 1. The van der Waals surface area contributed by atoms with E-state index in [1.165, 1.54) is 18.2 Å². The summed E-state index contributed by atoms with van der Waals surface area (Å²) >= 11 is 0. The number of halogens is 3. The van der Waals surface area contributed by atoms with Crippen molar-refractivity contribution in [2.24, 2.45) is 0 Å². The van der Waals surface area contributed by atoms with Crippen molar-refractivity contribution in [3.05, 3.63) is 54.1 Å². The van der Waals surface area contributed by atoms with Crippen LogP contribution in [0.2, 0.25) is 0 Å². The Hall–Kier alpha value is -2.22. The smallest absolute Gasteiger partial charge is 0.404 e. The highest BCUT2D eigenvalue weighted by molar-refractivity contribution is 7.92. The van der Waals surface area contributed by atoms with Gasteiger partial charge in [-0.25, -0.2) is 8.42 Å². The maximum atomic E-state index is 12.4. The van der Waals surface area contributed by atoms with Gasteiger partial charge in [0.2, 0.25) is 0 Å². The largest absolute Gasteiger partial charge is 0.573 e.